The first-order valence-electron chi connectivity index (χ1n) is 9.87. The fraction of sp³-hybridized carbons (Fsp3) is 0.667. The average molecular weight is 363 g/mol. The van der Waals surface area contributed by atoms with Crippen molar-refractivity contribution in [3.05, 3.63) is 23.8 Å². The zero-order chi connectivity index (χ0) is 18.9. The third-order valence-corrected chi connectivity index (χ3v) is 5.06. The van der Waals surface area contributed by atoms with E-state index in [2.05, 4.69) is 31.1 Å². The van der Waals surface area contributed by atoms with Gasteiger partial charge < -0.3 is 14.8 Å². The van der Waals surface area contributed by atoms with Gasteiger partial charge in [-0.2, -0.15) is 0 Å². The van der Waals surface area contributed by atoms with Crippen molar-refractivity contribution in [2.24, 2.45) is 0 Å². The second kappa shape index (κ2) is 10.4. The summed E-state index contributed by atoms with van der Waals surface area (Å²) >= 11 is 0. The zero-order valence-corrected chi connectivity index (χ0v) is 16.7. The molecule has 1 unspecified atom stereocenters. The third-order valence-electron chi connectivity index (χ3n) is 5.06. The second-order valence-electron chi connectivity index (χ2n) is 7.23. The predicted molar refractivity (Wildman–Crippen MR) is 105 cm³/mol. The van der Waals surface area contributed by atoms with Gasteiger partial charge in [0.25, 0.3) is 5.91 Å². The lowest BCUT2D eigenvalue weighted by Gasteiger charge is -2.24. The Morgan fingerprint density at radius 1 is 1.27 bits per heavy atom. The van der Waals surface area contributed by atoms with Crippen LogP contribution in [0, 0.1) is 0 Å². The number of benzene rings is 1. The molecule has 0 heterocycles. The van der Waals surface area contributed by atoms with Gasteiger partial charge in [-0.25, -0.2) is 0 Å². The Kier molecular flexibility index (Phi) is 8.23. The van der Waals surface area contributed by atoms with Crippen LogP contribution in [0.3, 0.4) is 0 Å². The van der Waals surface area contributed by atoms with Gasteiger partial charge in [0.2, 0.25) is 0 Å². The highest BCUT2D eigenvalue weighted by atomic mass is 16.5. The third kappa shape index (κ3) is 6.20. The number of nitrogens with one attached hydrogen (secondary N) is 1. The Bertz CT molecular complexity index is 572. The number of hydrogen-bond donors (Lipinski definition) is 1. The fourth-order valence-electron chi connectivity index (χ4n) is 2.97. The summed E-state index contributed by atoms with van der Waals surface area (Å²) in [6.45, 7) is 5.66. The van der Waals surface area contributed by atoms with Crippen LogP contribution in [-0.2, 0) is 0 Å². The smallest absolute Gasteiger partial charge is 0.251 e. The Labute approximate surface area is 158 Å². The quantitative estimate of drug-likeness (QED) is 0.574. The molecule has 1 fully saturated rings. The van der Waals surface area contributed by atoms with Gasteiger partial charge in [0, 0.05) is 24.2 Å². The molecule has 5 heteroatoms. The first kappa shape index (κ1) is 20.6. The minimum Gasteiger partial charge on any atom is -0.493 e. The Morgan fingerprint density at radius 2 is 2.04 bits per heavy atom. The number of methoxy groups -OCH3 is 1. The van der Waals surface area contributed by atoms with Crippen molar-refractivity contribution in [2.75, 3.05) is 27.3 Å². The van der Waals surface area contributed by atoms with Crippen molar-refractivity contribution in [3.8, 4) is 11.5 Å². The minimum atomic E-state index is -0.0751. The van der Waals surface area contributed by atoms with Crippen LogP contribution in [0.15, 0.2) is 18.2 Å². The monoisotopic (exact) mass is 362 g/mol. The van der Waals surface area contributed by atoms with Gasteiger partial charge in [0.1, 0.15) is 0 Å². The molecule has 1 aromatic rings. The average Bonchev–Trinajstić information content (AvgIpc) is 3.50. The van der Waals surface area contributed by atoms with E-state index in [9.17, 15) is 4.79 Å². The number of unbranched alkanes of at least 4 members (excludes halogenated alkanes) is 3. The van der Waals surface area contributed by atoms with Gasteiger partial charge in [-0.3, -0.25) is 9.69 Å². The molecule has 1 saturated carbocycles. The topological polar surface area (TPSA) is 50.8 Å². The normalized spacial score (nSPS) is 15.0. The molecule has 146 valence electrons. The van der Waals surface area contributed by atoms with Crippen molar-refractivity contribution in [1.29, 1.82) is 0 Å². The molecule has 5 nitrogen and oxygen atoms in total. The lowest BCUT2D eigenvalue weighted by molar-refractivity contribution is 0.0939. The van der Waals surface area contributed by atoms with E-state index in [1.165, 1.54) is 32.1 Å². The van der Waals surface area contributed by atoms with Gasteiger partial charge in [-0.05, 0) is 51.4 Å². The number of amides is 1. The first-order valence-corrected chi connectivity index (χ1v) is 9.87. The molecule has 26 heavy (non-hydrogen) atoms. The van der Waals surface area contributed by atoms with Crippen molar-refractivity contribution in [1.82, 2.24) is 10.2 Å². The van der Waals surface area contributed by atoms with Crippen LogP contribution in [0.1, 0.15) is 62.7 Å². The van der Waals surface area contributed by atoms with Gasteiger partial charge in [0.05, 0.1) is 13.7 Å². The van der Waals surface area contributed by atoms with Crippen LogP contribution in [0.25, 0.3) is 0 Å². The molecule has 2 rings (SSSR count). The van der Waals surface area contributed by atoms with Crippen molar-refractivity contribution < 1.29 is 14.3 Å². The van der Waals surface area contributed by atoms with Crippen LogP contribution in [0.4, 0.5) is 0 Å². The number of hydrogen-bond acceptors (Lipinski definition) is 4. The van der Waals surface area contributed by atoms with Gasteiger partial charge in [0.15, 0.2) is 11.5 Å². The standard InChI is InChI=1S/C21H34N2O3/c1-5-6-7-8-13-26-19-12-9-17(14-20(19)25-4)21(24)22-15-16(2)23(3)18-10-11-18/h9,12,14,16,18H,5-8,10-11,13,15H2,1-4H3,(H,22,24). The largest absolute Gasteiger partial charge is 0.493 e. The van der Waals surface area contributed by atoms with E-state index in [4.69, 9.17) is 9.47 Å². The maximum atomic E-state index is 12.4. The lowest BCUT2D eigenvalue weighted by atomic mass is 10.1. The molecule has 0 aliphatic heterocycles. The second-order valence-corrected chi connectivity index (χ2v) is 7.23. The molecule has 0 saturated heterocycles. The van der Waals surface area contributed by atoms with E-state index in [1.807, 2.05) is 6.07 Å². The van der Waals surface area contributed by atoms with Crippen LogP contribution in [0.5, 0.6) is 11.5 Å². The molecule has 0 radical (unpaired) electrons. The van der Waals surface area contributed by atoms with Crippen LogP contribution >= 0.6 is 0 Å². The van der Waals surface area contributed by atoms with Crippen molar-refractivity contribution >= 4 is 5.91 Å². The summed E-state index contributed by atoms with van der Waals surface area (Å²) in [5.41, 5.74) is 0.599. The molecule has 1 amide bonds. The summed E-state index contributed by atoms with van der Waals surface area (Å²) in [5.74, 6) is 1.23. The highest BCUT2D eigenvalue weighted by molar-refractivity contribution is 5.94. The molecule has 1 aliphatic rings. The van der Waals surface area contributed by atoms with Crippen LogP contribution < -0.4 is 14.8 Å². The summed E-state index contributed by atoms with van der Waals surface area (Å²) in [6.07, 6.45) is 7.19. The molecular formula is C21H34N2O3. The molecule has 1 N–H and O–H groups in total. The van der Waals surface area contributed by atoms with E-state index in [-0.39, 0.29) is 5.91 Å². The molecular weight excluding hydrogens is 328 g/mol. The number of likely N-dealkylation sites (N-methyl/N-ethyl adjacent to an activating group) is 1. The van der Waals surface area contributed by atoms with Gasteiger partial charge in [-0.1, -0.05) is 26.2 Å². The van der Waals surface area contributed by atoms with Crippen molar-refractivity contribution in [2.45, 2.75) is 64.5 Å². The first-order chi connectivity index (χ1) is 12.6. The highest BCUT2D eigenvalue weighted by Gasteiger charge is 2.29. The molecule has 0 bridgehead atoms. The van der Waals surface area contributed by atoms with E-state index in [0.29, 0.717) is 42.3 Å². The number of carbonyl (C=O) groups is 1. The van der Waals surface area contributed by atoms with Gasteiger partial charge in [-0.15, -0.1) is 0 Å². The van der Waals surface area contributed by atoms with Crippen LogP contribution in [0.2, 0.25) is 0 Å². The number of ether oxygens (including phenoxy) is 2. The van der Waals surface area contributed by atoms with E-state index < -0.39 is 0 Å². The fourth-order valence-corrected chi connectivity index (χ4v) is 2.97. The summed E-state index contributed by atoms with van der Waals surface area (Å²) < 4.78 is 11.2. The lowest BCUT2D eigenvalue weighted by Crippen LogP contribution is -2.41. The maximum Gasteiger partial charge on any atom is 0.251 e. The van der Waals surface area contributed by atoms with Crippen molar-refractivity contribution in [3.63, 3.8) is 0 Å². The summed E-state index contributed by atoms with van der Waals surface area (Å²) in [5, 5.41) is 3.02. The van der Waals surface area contributed by atoms with Gasteiger partial charge >= 0.3 is 0 Å². The Morgan fingerprint density at radius 3 is 2.69 bits per heavy atom. The molecule has 1 aromatic carbocycles. The molecule has 0 aromatic heterocycles. The summed E-state index contributed by atoms with van der Waals surface area (Å²) in [4.78, 5) is 14.8. The minimum absolute atomic E-state index is 0.0751. The number of rotatable bonds is 12. The molecule has 1 aliphatic carbocycles. The van der Waals surface area contributed by atoms with Crippen LogP contribution in [-0.4, -0.2) is 50.2 Å². The van der Waals surface area contributed by atoms with E-state index in [0.717, 1.165) is 6.42 Å². The Balaban J connectivity index is 1.85. The number of nitrogens with zero attached hydrogens (tertiary/aromatic N) is 1. The predicted octanol–water partition coefficient (Wildman–Crippen LogP) is 3.87. The highest BCUT2D eigenvalue weighted by Crippen LogP contribution is 2.29. The van der Waals surface area contributed by atoms with E-state index in [1.54, 1.807) is 19.2 Å². The molecule has 1 atom stereocenters. The zero-order valence-electron chi connectivity index (χ0n) is 16.7. The number of carbonyl (C=O) groups excluding carboxylic acids is 1. The summed E-state index contributed by atoms with van der Waals surface area (Å²) in [6, 6.07) is 6.41. The summed E-state index contributed by atoms with van der Waals surface area (Å²) in [7, 11) is 3.73. The maximum absolute atomic E-state index is 12.4. The SMILES string of the molecule is CCCCCCOc1ccc(C(=O)NCC(C)N(C)C2CC2)cc1OC. The Hall–Kier alpha value is -1.75. The van der Waals surface area contributed by atoms with E-state index >= 15 is 0 Å². The molecule has 0 spiro atoms.